The first kappa shape index (κ1) is 18.7. The molecule has 0 aliphatic carbocycles. The molecule has 0 spiro atoms. The lowest BCUT2D eigenvalue weighted by Crippen LogP contribution is -2.32. The Morgan fingerprint density at radius 3 is 2.50 bits per heavy atom. The molecule has 1 saturated heterocycles. The van der Waals surface area contributed by atoms with E-state index in [0.717, 1.165) is 36.9 Å². The number of nitrogens with zero attached hydrogens (tertiary/aromatic N) is 1. The van der Waals surface area contributed by atoms with E-state index in [4.69, 9.17) is 4.74 Å². The smallest absolute Gasteiger partial charge is 0.416 e. The molecule has 1 aliphatic rings. The number of para-hydroxylation sites is 1. The van der Waals surface area contributed by atoms with Crippen LogP contribution >= 0.6 is 0 Å². The fourth-order valence-corrected chi connectivity index (χ4v) is 3.42. The number of alkyl halides is 3. The van der Waals surface area contributed by atoms with Crippen molar-refractivity contribution in [3.05, 3.63) is 65.2 Å². The third-order valence-electron chi connectivity index (χ3n) is 4.76. The Morgan fingerprint density at radius 2 is 1.77 bits per heavy atom. The van der Waals surface area contributed by atoms with Crippen molar-refractivity contribution in [1.82, 2.24) is 10.2 Å². The first-order valence-corrected chi connectivity index (χ1v) is 8.70. The molecule has 140 valence electrons. The SMILES string of the molecule is COc1ccccc1CN[C@H]1CCN(Cc2ccccc2C(F)(F)F)C1. The molecule has 1 atom stereocenters. The van der Waals surface area contributed by atoms with Gasteiger partial charge in [-0.1, -0.05) is 36.4 Å². The molecule has 3 rings (SSSR count). The standard InChI is InChI=1S/C20H23F3N2O/c1-26-19-9-5-3-6-15(19)12-24-17-10-11-25(14-17)13-16-7-2-4-8-18(16)20(21,22)23/h2-9,17,24H,10-14H2,1H3/t17-/m0/s1. The second-order valence-corrected chi connectivity index (χ2v) is 6.57. The number of halogens is 3. The van der Waals surface area contributed by atoms with Crippen molar-refractivity contribution < 1.29 is 17.9 Å². The van der Waals surface area contributed by atoms with Crippen molar-refractivity contribution in [2.75, 3.05) is 20.2 Å². The van der Waals surface area contributed by atoms with Crippen LogP contribution < -0.4 is 10.1 Å². The molecular weight excluding hydrogens is 341 g/mol. The van der Waals surface area contributed by atoms with Gasteiger partial charge in [0.25, 0.3) is 0 Å². The zero-order valence-corrected chi connectivity index (χ0v) is 14.7. The van der Waals surface area contributed by atoms with E-state index in [1.54, 1.807) is 19.2 Å². The lowest BCUT2D eigenvalue weighted by Gasteiger charge is -2.20. The molecule has 2 aromatic carbocycles. The van der Waals surface area contributed by atoms with Crippen molar-refractivity contribution in [3.63, 3.8) is 0 Å². The fourth-order valence-electron chi connectivity index (χ4n) is 3.42. The number of methoxy groups -OCH3 is 1. The van der Waals surface area contributed by atoms with Gasteiger partial charge in [0.2, 0.25) is 0 Å². The van der Waals surface area contributed by atoms with Gasteiger partial charge in [-0.25, -0.2) is 0 Å². The zero-order valence-electron chi connectivity index (χ0n) is 14.7. The Balaban J connectivity index is 1.57. The molecule has 0 bridgehead atoms. The van der Waals surface area contributed by atoms with E-state index in [-0.39, 0.29) is 6.04 Å². The molecule has 0 saturated carbocycles. The molecule has 3 nitrogen and oxygen atoms in total. The Kier molecular flexibility index (Phi) is 5.84. The van der Waals surface area contributed by atoms with E-state index >= 15 is 0 Å². The van der Waals surface area contributed by atoms with Gasteiger partial charge in [0, 0.05) is 37.8 Å². The number of benzene rings is 2. The van der Waals surface area contributed by atoms with Crippen LogP contribution in [-0.4, -0.2) is 31.1 Å². The molecule has 1 fully saturated rings. The minimum Gasteiger partial charge on any atom is -0.496 e. The van der Waals surface area contributed by atoms with Gasteiger partial charge in [0.1, 0.15) is 5.75 Å². The maximum Gasteiger partial charge on any atom is 0.416 e. The van der Waals surface area contributed by atoms with Crippen molar-refractivity contribution in [3.8, 4) is 5.75 Å². The van der Waals surface area contributed by atoms with Crippen LogP contribution in [0.25, 0.3) is 0 Å². The first-order valence-electron chi connectivity index (χ1n) is 8.70. The molecule has 0 aromatic heterocycles. The molecule has 1 N–H and O–H groups in total. The molecule has 0 unspecified atom stereocenters. The summed E-state index contributed by atoms with van der Waals surface area (Å²) in [4.78, 5) is 2.07. The quantitative estimate of drug-likeness (QED) is 0.836. The number of hydrogen-bond acceptors (Lipinski definition) is 3. The van der Waals surface area contributed by atoms with Crippen molar-refractivity contribution >= 4 is 0 Å². The number of nitrogens with one attached hydrogen (secondary N) is 1. The fraction of sp³-hybridized carbons (Fsp3) is 0.400. The second kappa shape index (κ2) is 8.10. The molecule has 2 aromatic rings. The molecule has 1 heterocycles. The third-order valence-corrected chi connectivity index (χ3v) is 4.76. The van der Waals surface area contributed by atoms with Crippen LogP contribution in [0.3, 0.4) is 0 Å². The molecule has 26 heavy (non-hydrogen) atoms. The highest BCUT2D eigenvalue weighted by atomic mass is 19.4. The van der Waals surface area contributed by atoms with Gasteiger partial charge in [-0.05, 0) is 24.1 Å². The summed E-state index contributed by atoms with van der Waals surface area (Å²) in [5.41, 5.74) is 0.881. The summed E-state index contributed by atoms with van der Waals surface area (Å²) in [6.07, 6.45) is -3.39. The molecular formula is C20H23F3N2O. The van der Waals surface area contributed by atoms with Crippen LogP contribution in [0.5, 0.6) is 5.75 Å². The van der Waals surface area contributed by atoms with Crippen molar-refractivity contribution in [2.24, 2.45) is 0 Å². The number of rotatable bonds is 6. The van der Waals surface area contributed by atoms with E-state index in [2.05, 4.69) is 10.2 Å². The normalized spacial score (nSPS) is 18.2. The predicted molar refractivity (Wildman–Crippen MR) is 95.0 cm³/mol. The molecule has 0 radical (unpaired) electrons. The lowest BCUT2D eigenvalue weighted by molar-refractivity contribution is -0.138. The third kappa shape index (κ3) is 4.56. The van der Waals surface area contributed by atoms with Crippen LogP contribution in [0.4, 0.5) is 13.2 Å². The monoisotopic (exact) mass is 364 g/mol. The van der Waals surface area contributed by atoms with E-state index in [1.165, 1.54) is 6.07 Å². The van der Waals surface area contributed by atoms with E-state index in [1.807, 2.05) is 24.3 Å². The van der Waals surface area contributed by atoms with Crippen LogP contribution in [0, 0.1) is 0 Å². The van der Waals surface area contributed by atoms with E-state index < -0.39 is 11.7 Å². The highest BCUT2D eigenvalue weighted by Gasteiger charge is 2.33. The van der Waals surface area contributed by atoms with E-state index in [0.29, 0.717) is 18.7 Å². The van der Waals surface area contributed by atoms with Crippen LogP contribution in [-0.2, 0) is 19.3 Å². The summed E-state index contributed by atoms with van der Waals surface area (Å²) in [7, 11) is 1.65. The highest BCUT2D eigenvalue weighted by Crippen LogP contribution is 2.32. The maximum absolute atomic E-state index is 13.1. The minimum absolute atomic E-state index is 0.262. The Hall–Kier alpha value is -2.05. The topological polar surface area (TPSA) is 24.5 Å². The molecule has 1 aliphatic heterocycles. The molecule has 6 heteroatoms. The summed E-state index contributed by atoms with van der Waals surface area (Å²) < 4.78 is 44.8. The second-order valence-electron chi connectivity index (χ2n) is 6.57. The summed E-state index contributed by atoms with van der Waals surface area (Å²) >= 11 is 0. The average molecular weight is 364 g/mol. The van der Waals surface area contributed by atoms with Gasteiger partial charge < -0.3 is 10.1 Å². The van der Waals surface area contributed by atoms with Crippen molar-refractivity contribution in [2.45, 2.75) is 31.7 Å². The van der Waals surface area contributed by atoms with Gasteiger partial charge in [0.05, 0.1) is 12.7 Å². The summed E-state index contributed by atoms with van der Waals surface area (Å²) in [6, 6.07) is 13.9. The number of hydrogen-bond donors (Lipinski definition) is 1. The van der Waals surface area contributed by atoms with Crippen LogP contribution in [0.2, 0.25) is 0 Å². The Labute approximate surface area is 151 Å². The summed E-state index contributed by atoms with van der Waals surface area (Å²) in [6.45, 7) is 2.53. The predicted octanol–water partition coefficient (Wildman–Crippen LogP) is 4.08. The summed E-state index contributed by atoms with van der Waals surface area (Å²) in [5.74, 6) is 0.842. The van der Waals surface area contributed by atoms with Crippen LogP contribution in [0.15, 0.2) is 48.5 Å². The maximum atomic E-state index is 13.1. The van der Waals surface area contributed by atoms with Crippen LogP contribution in [0.1, 0.15) is 23.1 Å². The van der Waals surface area contributed by atoms with Gasteiger partial charge in [-0.15, -0.1) is 0 Å². The van der Waals surface area contributed by atoms with Crippen molar-refractivity contribution in [1.29, 1.82) is 0 Å². The lowest BCUT2D eigenvalue weighted by atomic mass is 10.1. The molecule has 0 amide bonds. The van der Waals surface area contributed by atoms with E-state index in [9.17, 15) is 13.2 Å². The number of ether oxygens (including phenoxy) is 1. The minimum atomic E-state index is -4.31. The Morgan fingerprint density at radius 1 is 1.08 bits per heavy atom. The first-order chi connectivity index (χ1) is 12.5. The van der Waals surface area contributed by atoms with Gasteiger partial charge in [-0.3, -0.25) is 4.90 Å². The number of likely N-dealkylation sites (tertiary alicyclic amines) is 1. The Bertz CT molecular complexity index is 733. The largest absolute Gasteiger partial charge is 0.496 e. The van der Waals surface area contributed by atoms with Gasteiger partial charge >= 0.3 is 6.18 Å². The van der Waals surface area contributed by atoms with Gasteiger partial charge in [0.15, 0.2) is 0 Å². The average Bonchev–Trinajstić information content (AvgIpc) is 3.07. The van der Waals surface area contributed by atoms with Gasteiger partial charge in [-0.2, -0.15) is 13.2 Å². The zero-order chi connectivity index (χ0) is 18.6. The highest BCUT2D eigenvalue weighted by molar-refractivity contribution is 5.33. The summed E-state index contributed by atoms with van der Waals surface area (Å²) in [5, 5.41) is 3.49.